The molecule has 2 amide bonds. The summed E-state index contributed by atoms with van der Waals surface area (Å²) < 4.78 is 1.62. The Morgan fingerprint density at radius 2 is 1.87 bits per heavy atom. The minimum absolute atomic E-state index is 0.0408. The van der Waals surface area contributed by atoms with Gasteiger partial charge in [-0.3, -0.25) is 9.59 Å². The highest BCUT2D eigenvalue weighted by Crippen LogP contribution is 2.32. The molecule has 8 nitrogen and oxygen atoms in total. The Hall–Kier alpha value is -3.26. The summed E-state index contributed by atoms with van der Waals surface area (Å²) >= 11 is 0. The highest BCUT2D eigenvalue weighted by atomic mass is 16.2. The number of hydrogen-bond donors (Lipinski definition) is 1. The first-order chi connectivity index (χ1) is 14.4. The summed E-state index contributed by atoms with van der Waals surface area (Å²) in [6.07, 6.45) is 0. The molecule has 0 bridgehead atoms. The van der Waals surface area contributed by atoms with Crippen molar-refractivity contribution >= 4 is 22.8 Å². The Morgan fingerprint density at radius 3 is 2.60 bits per heavy atom. The van der Waals surface area contributed by atoms with Crippen molar-refractivity contribution in [3.05, 3.63) is 59.7 Å². The van der Waals surface area contributed by atoms with E-state index in [1.165, 1.54) is 0 Å². The number of likely N-dealkylation sites (tertiary alicyclic amines) is 1. The van der Waals surface area contributed by atoms with E-state index in [1.807, 2.05) is 55.6 Å². The van der Waals surface area contributed by atoms with Crippen LogP contribution in [-0.2, 0) is 22.7 Å². The number of carbonyl (C=O) groups excluding carboxylic acids is 2. The van der Waals surface area contributed by atoms with Crippen LogP contribution in [0.1, 0.15) is 17.0 Å². The van der Waals surface area contributed by atoms with Crippen molar-refractivity contribution in [1.82, 2.24) is 24.8 Å². The van der Waals surface area contributed by atoms with Crippen molar-refractivity contribution in [2.75, 3.05) is 27.2 Å². The number of benzene rings is 2. The molecule has 2 N–H and O–H groups in total. The van der Waals surface area contributed by atoms with E-state index in [9.17, 15) is 9.59 Å². The number of likely N-dealkylation sites (N-methyl/N-ethyl adjacent to an activating group) is 2. The molecule has 0 unspecified atom stereocenters. The van der Waals surface area contributed by atoms with Crippen LogP contribution in [-0.4, -0.2) is 63.8 Å². The Kier molecular flexibility index (Phi) is 5.50. The number of primary amides is 1. The Balaban J connectivity index is 1.40. The monoisotopic (exact) mass is 406 g/mol. The Bertz CT molecular complexity index is 1060. The number of rotatable bonds is 6. The molecule has 2 heterocycles. The number of amides is 2. The third kappa shape index (κ3) is 4.04. The van der Waals surface area contributed by atoms with Crippen molar-refractivity contribution in [2.24, 2.45) is 11.7 Å². The third-order valence-electron chi connectivity index (χ3n) is 5.83. The fourth-order valence-electron chi connectivity index (χ4n) is 4.14. The third-order valence-corrected chi connectivity index (χ3v) is 5.83. The molecule has 2 aromatic carbocycles. The van der Waals surface area contributed by atoms with Gasteiger partial charge in [-0.25, -0.2) is 4.68 Å². The number of nitrogens with zero attached hydrogens (tertiary/aromatic N) is 5. The second-order valence-electron chi connectivity index (χ2n) is 8.06. The standard InChI is InChI=1S/C22H26N6O2/c1-26-12-17(18(13-26)22(23)30)16-9-7-15(8-10-16)11-27(2)21(29)14-28-20-6-4-3-5-19(20)24-25-28/h3-10,17-18H,11-14H2,1-2H3,(H2,23,30)/t17-,18+/m1/s1. The van der Waals surface area contributed by atoms with Crippen molar-refractivity contribution in [1.29, 1.82) is 0 Å². The maximum atomic E-state index is 12.7. The van der Waals surface area contributed by atoms with E-state index in [0.717, 1.165) is 28.7 Å². The summed E-state index contributed by atoms with van der Waals surface area (Å²) in [4.78, 5) is 28.3. The predicted octanol–water partition coefficient (Wildman–Crippen LogP) is 1.22. The minimum Gasteiger partial charge on any atom is -0.369 e. The normalized spacial score (nSPS) is 19.3. The lowest BCUT2D eigenvalue weighted by Gasteiger charge is -2.19. The number of para-hydroxylation sites is 1. The quantitative estimate of drug-likeness (QED) is 0.664. The van der Waals surface area contributed by atoms with Gasteiger partial charge in [0, 0.05) is 32.6 Å². The first-order valence-corrected chi connectivity index (χ1v) is 10.0. The van der Waals surface area contributed by atoms with Gasteiger partial charge >= 0.3 is 0 Å². The number of carbonyl (C=O) groups is 2. The van der Waals surface area contributed by atoms with Crippen LogP contribution in [0.2, 0.25) is 0 Å². The summed E-state index contributed by atoms with van der Waals surface area (Å²) in [5.74, 6) is -0.343. The lowest BCUT2D eigenvalue weighted by molar-refractivity contribution is -0.131. The van der Waals surface area contributed by atoms with Gasteiger partial charge in [-0.2, -0.15) is 0 Å². The molecule has 4 rings (SSSR count). The molecule has 2 atom stereocenters. The Morgan fingerprint density at radius 1 is 1.13 bits per heavy atom. The maximum Gasteiger partial charge on any atom is 0.244 e. The van der Waals surface area contributed by atoms with E-state index in [-0.39, 0.29) is 30.2 Å². The van der Waals surface area contributed by atoms with Crippen LogP contribution in [0.5, 0.6) is 0 Å². The highest BCUT2D eigenvalue weighted by molar-refractivity contribution is 5.80. The van der Waals surface area contributed by atoms with Crippen LogP contribution in [0.4, 0.5) is 0 Å². The SMILES string of the molecule is CN1C[C@H](C(N)=O)[C@@H](c2ccc(CN(C)C(=O)Cn3nnc4ccccc43)cc2)C1. The summed E-state index contributed by atoms with van der Waals surface area (Å²) in [6.45, 7) is 2.15. The molecule has 3 aromatic rings. The molecule has 0 spiro atoms. The Labute approximate surface area is 175 Å². The molecule has 156 valence electrons. The maximum absolute atomic E-state index is 12.7. The van der Waals surface area contributed by atoms with E-state index < -0.39 is 0 Å². The van der Waals surface area contributed by atoms with Crippen molar-refractivity contribution in [3.63, 3.8) is 0 Å². The molecular formula is C22H26N6O2. The van der Waals surface area contributed by atoms with Crippen molar-refractivity contribution < 1.29 is 9.59 Å². The topological polar surface area (TPSA) is 97.3 Å². The zero-order chi connectivity index (χ0) is 21.3. The summed E-state index contributed by atoms with van der Waals surface area (Å²) in [5.41, 5.74) is 9.34. The highest BCUT2D eigenvalue weighted by Gasteiger charge is 2.35. The van der Waals surface area contributed by atoms with Crippen LogP contribution in [0.3, 0.4) is 0 Å². The average Bonchev–Trinajstić information content (AvgIpc) is 3.32. The number of hydrogen-bond acceptors (Lipinski definition) is 5. The molecule has 1 aromatic heterocycles. The molecule has 8 heteroatoms. The summed E-state index contributed by atoms with van der Waals surface area (Å²) in [7, 11) is 3.79. The second kappa shape index (κ2) is 8.23. The molecular weight excluding hydrogens is 380 g/mol. The number of aromatic nitrogens is 3. The zero-order valence-electron chi connectivity index (χ0n) is 17.2. The van der Waals surface area contributed by atoms with Crippen LogP contribution in [0.15, 0.2) is 48.5 Å². The first-order valence-electron chi connectivity index (χ1n) is 10.0. The molecule has 1 fully saturated rings. The lowest BCUT2D eigenvalue weighted by atomic mass is 9.88. The van der Waals surface area contributed by atoms with Gasteiger partial charge in [0.25, 0.3) is 0 Å². The fourth-order valence-corrected chi connectivity index (χ4v) is 4.14. The predicted molar refractivity (Wildman–Crippen MR) is 113 cm³/mol. The van der Waals surface area contributed by atoms with Gasteiger partial charge in [0.15, 0.2) is 0 Å². The molecule has 0 radical (unpaired) electrons. The lowest BCUT2D eigenvalue weighted by Crippen LogP contribution is -2.30. The van der Waals surface area contributed by atoms with E-state index in [4.69, 9.17) is 5.73 Å². The molecule has 1 saturated heterocycles. The first kappa shape index (κ1) is 20.0. The second-order valence-corrected chi connectivity index (χ2v) is 8.06. The van der Waals surface area contributed by atoms with Gasteiger partial charge in [0.05, 0.1) is 11.4 Å². The minimum atomic E-state index is -0.251. The van der Waals surface area contributed by atoms with E-state index >= 15 is 0 Å². The van der Waals surface area contributed by atoms with E-state index in [2.05, 4.69) is 15.2 Å². The van der Waals surface area contributed by atoms with Crippen LogP contribution >= 0.6 is 0 Å². The zero-order valence-corrected chi connectivity index (χ0v) is 17.2. The van der Waals surface area contributed by atoms with Gasteiger partial charge < -0.3 is 15.5 Å². The van der Waals surface area contributed by atoms with Crippen molar-refractivity contribution in [2.45, 2.75) is 19.0 Å². The average molecular weight is 406 g/mol. The van der Waals surface area contributed by atoms with Gasteiger partial charge in [-0.15, -0.1) is 5.10 Å². The molecule has 30 heavy (non-hydrogen) atoms. The smallest absolute Gasteiger partial charge is 0.244 e. The molecule has 0 aliphatic carbocycles. The molecule has 0 saturated carbocycles. The summed E-state index contributed by atoms with van der Waals surface area (Å²) in [6, 6.07) is 15.7. The fraction of sp³-hybridized carbons (Fsp3) is 0.364. The van der Waals surface area contributed by atoms with E-state index in [0.29, 0.717) is 13.1 Å². The largest absolute Gasteiger partial charge is 0.369 e. The van der Waals surface area contributed by atoms with E-state index in [1.54, 1.807) is 16.6 Å². The van der Waals surface area contributed by atoms with Gasteiger partial charge in [0.2, 0.25) is 11.8 Å². The van der Waals surface area contributed by atoms with Crippen LogP contribution in [0.25, 0.3) is 11.0 Å². The van der Waals surface area contributed by atoms with Gasteiger partial charge in [-0.05, 0) is 30.3 Å². The number of nitrogens with two attached hydrogens (primary N) is 1. The van der Waals surface area contributed by atoms with Crippen LogP contribution in [0, 0.1) is 5.92 Å². The van der Waals surface area contributed by atoms with Crippen molar-refractivity contribution in [3.8, 4) is 0 Å². The van der Waals surface area contributed by atoms with Crippen LogP contribution < -0.4 is 5.73 Å². The molecule has 1 aliphatic rings. The van der Waals surface area contributed by atoms with Gasteiger partial charge in [-0.1, -0.05) is 41.6 Å². The molecule has 1 aliphatic heterocycles. The number of fused-ring (bicyclic) bond motifs is 1. The van der Waals surface area contributed by atoms with Gasteiger partial charge in [0.1, 0.15) is 12.1 Å². The summed E-state index contributed by atoms with van der Waals surface area (Å²) in [5, 5.41) is 8.18.